The first-order valence-electron chi connectivity index (χ1n) is 10.0. The highest BCUT2D eigenvalue weighted by molar-refractivity contribution is 5.89. The summed E-state index contributed by atoms with van der Waals surface area (Å²) in [7, 11) is 0. The summed E-state index contributed by atoms with van der Waals surface area (Å²) in [4.78, 5) is 23.3. The molecule has 0 saturated carbocycles. The van der Waals surface area contributed by atoms with E-state index in [0.29, 0.717) is 11.3 Å². The van der Waals surface area contributed by atoms with Crippen LogP contribution in [-0.2, 0) is 9.59 Å². The number of carbonyl (C=O) groups is 2. The molecule has 6 heteroatoms. The number of aryl methyl sites for hydroxylation is 1. The predicted octanol–water partition coefficient (Wildman–Crippen LogP) is 6.57. The van der Waals surface area contributed by atoms with E-state index in [1.807, 2.05) is 6.92 Å². The van der Waals surface area contributed by atoms with Gasteiger partial charge < -0.3 is 9.47 Å². The highest BCUT2D eigenvalue weighted by atomic mass is 19.1. The van der Waals surface area contributed by atoms with E-state index >= 15 is 0 Å². The molecule has 0 aromatic heterocycles. The highest BCUT2D eigenvalue weighted by Gasteiger charge is 2.15. The Labute approximate surface area is 190 Å². The van der Waals surface area contributed by atoms with Crippen molar-refractivity contribution in [2.24, 2.45) is 0 Å². The minimum Gasteiger partial charge on any atom is -0.423 e. The maximum absolute atomic E-state index is 14.9. The normalized spacial score (nSPS) is 10.5. The van der Waals surface area contributed by atoms with Crippen molar-refractivity contribution in [3.05, 3.63) is 96.1 Å². The third-order valence-corrected chi connectivity index (χ3v) is 4.83. The summed E-state index contributed by atoms with van der Waals surface area (Å²) in [6, 6.07) is 13.2. The second-order valence-corrected chi connectivity index (χ2v) is 7.65. The van der Waals surface area contributed by atoms with E-state index in [-0.39, 0.29) is 28.0 Å². The maximum Gasteiger partial charge on any atom is 0.338 e. The fourth-order valence-corrected chi connectivity index (χ4v) is 3.09. The summed E-state index contributed by atoms with van der Waals surface area (Å²) < 4.78 is 39.8. The molecule has 3 aromatic carbocycles. The lowest BCUT2D eigenvalue weighted by molar-refractivity contribution is -0.130. The van der Waals surface area contributed by atoms with Crippen molar-refractivity contribution in [2.75, 3.05) is 0 Å². The van der Waals surface area contributed by atoms with Crippen LogP contribution >= 0.6 is 0 Å². The largest absolute Gasteiger partial charge is 0.423 e. The van der Waals surface area contributed by atoms with Gasteiger partial charge in [-0.1, -0.05) is 31.4 Å². The Kier molecular flexibility index (Phi) is 6.87. The molecule has 0 aliphatic heterocycles. The molecule has 0 N–H and O–H groups in total. The first kappa shape index (κ1) is 23.6. The van der Waals surface area contributed by atoms with Gasteiger partial charge in [-0.15, -0.1) is 0 Å². The van der Waals surface area contributed by atoms with Crippen molar-refractivity contribution in [2.45, 2.75) is 20.8 Å². The van der Waals surface area contributed by atoms with Crippen molar-refractivity contribution in [3.8, 4) is 33.8 Å². The molecule has 0 amide bonds. The molecule has 168 valence electrons. The van der Waals surface area contributed by atoms with E-state index < -0.39 is 23.6 Å². The summed E-state index contributed by atoms with van der Waals surface area (Å²) in [5.74, 6) is -2.18. The van der Waals surface area contributed by atoms with E-state index in [2.05, 4.69) is 13.2 Å². The summed E-state index contributed by atoms with van der Waals surface area (Å²) >= 11 is 0. The quantitative estimate of drug-likeness (QED) is 0.243. The number of esters is 2. The fourth-order valence-electron chi connectivity index (χ4n) is 3.09. The van der Waals surface area contributed by atoms with Gasteiger partial charge in [-0.25, -0.2) is 18.4 Å². The first-order valence-corrected chi connectivity index (χ1v) is 10.0. The van der Waals surface area contributed by atoms with Gasteiger partial charge in [-0.05, 0) is 67.8 Å². The zero-order valence-corrected chi connectivity index (χ0v) is 18.5. The summed E-state index contributed by atoms with van der Waals surface area (Å²) in [5, 5.41) is 0. The molecule has 0 radical (unpaired) electrons. The van der Waals surface area contributed by atoms with E-state index in [1.165, 1.54) is 31.2 Å². The summed E-state index contributed by atoms with van der Waals surface area (Å²) in [6.07, 6.45) is 0. The van der Waals surface area contributed by atoms with Crippen LogP contribution < -0.4 is 9.47 Å². The number of hydrogen-bond donors (Lipinski definition) is 0. The van der Waals surface area contributed by atoms with E-state index in [4.69, 9.17) is 9.47 Å². The minimum atomic E-state index is -0.728. The molecule has 0 bridgehead atoms. The molecule has 0 unspecified atom stereocenters. The second kappa shape index (κ2) is 9.61. The Morgan fingerprint density at radius 2 is 1.15 bits per heavy atom. The van der Waals surface area contributed by atoms with Gasteiger partial charge in [0.2, 0.25) is 0 Å². The van der Waals surface area contributed by atoms with Crippen molar-refractivity contribution in [1.29, 1.82) is 0 Å². The molecule has 3 aromatic rings. The van der Waals surface area contributed by atoms with Crippen LogP contribution in [0, 0.1) is 18.6 Å². The van der Waals surface area contributed by atoms with Crippen molar-refractivity contribution in [3.63, 3.8) is 0 Å². The summed E-state index contributed by atoms with van der Waals surface area (Å²) in [6.45, 7) is 11.9. The predicted molar refractivity (Wildman–Crippen MR) is 123 cm³/mol. The SMILES string of the molecule is C=C(C)C(=O)Oc1ccc(-c2ccc(-c3ccc(OC(=O)C(=C)C)cc3F)c(F)c2)c(C)c1. The zero-order valence-electron chi connectivity index (χ0n) is 18.5. The Bertz CT molecular complexity index is 1290. The number of carbonyl (C=O) groups excluding carboxylic acids is 2. The smallest absolute Gasteiger partial charge is 0.338 e. The number of ether oxygens (including phenoxy) is 2. The molecular formula is C27H22F2O4. The lowest BCUT2D eigenvalue weighted by Gasteiger charge is -2.12. The van der Waals surface area contributed by atoms with Gasteiger partial charge in [0.05, 0.1) is 0 Å². The third-order valence-electron chi connectivity index (χ3n) is 4.83. The van der Waals surface area contributed by atoms with Crippen LogP contribution in [0.15, 0.2) is 78.9 Å². The average Bonchev–Trinajstić information content (AvgIpc) is 2.74. The van der Waals surface area contributed by atoms with E-state index in [1.54, 1.807) is 31.2 Å². The van der Waals surface area contributed by atoms with Gasteiger partial charge in [0.15, 0.2) is 0 Å². The molecule has 0 fully saturated rings. The standard InChI is InChI=1S/C27H22F2O4/c1-15(2)26(30)32-19-7-10-21(17(5)12-19)18-6-9-22(24(28)13-18)23-11-8-20(14-25(23)29)33-27(31)16(3)4/h6-14H,1,3H2,2,4-5H3. The Balaban J connectivity index is 1.87. The van der Waals surface area contributed by atoms with E-state index in [9.17, 15) is 18.4 Å². The van der Waals surface area contributed by atoms with Gasteiger partial charge in [0.25, 0.3) is 0 Å². The minimum absolute atomic E-state index is 0.00402. The molecule has 0 saturated heterocycles. The van der Waals surface area contributed by atoms with Crippen molar-refractivity contribution in [1.82, 2.24) is 0 Å². The molecule has 0 aliphatic carbocycles. The molecule has 3 rings (SSSR count). The van der Waals surface area contributed by atoms with Gasteiger partial charge in [0.1, 0.15) is 23.1 Å². The Morgan fingerprint density at radius 1 is 0.697 bits per heavy atom. The topological polar surface area (TPSA) is 52.6 Å². The molecule has 4 nitrogen and oxygen atoms in total. The van der Waals surface area contributed by atoms with Crippen LogP contribution in [0.1, 0.15) is 19.4 Å². The van der Waals surface area contributed by atoms with E-state index in [0.717, 1.165) is 17.2 Å². The lowest BCUT2D eigenvalue weighted by atomic mass is 9.96. The third kappa shape index (κ3) is 5.41. The highest BCUT2D eigenvalue weighted by Crippen LogP contribution is 2.33. The van der Waals surface area contributed by atoms with Gasteiger partial charge in [-0.3, -0.25) is 0 Å². The van der Waals surface area contributed by atoms with Crippen LogP contribution in [0.2, 0.25) is 0 Å². The molecule has 0 spiro atoms. The molecule has 33 heavy (non-hydrogen) atoms. The van der Waals surface area contributed by atoms with Crippen LogP contribution in [0.25, 0.3) is 22.3 Å². The number of hydrogen-bond acceptors (Lipinski definition) is 4. The number of benzene rings is 3. The van der Waals surface area contributed by atoms with Crippen LogP contribution in [0.4, 0.5) is 8.78 Å². The zero-order chi connectivity index (χ0) is 24.3. The maximum atomic E-state index is 14.9. The molecule has 0 atom stereocenters. The van der Waals surface area contributed by atoms with Gasteiger partial charge in [-0.2, -0.15) is 0 Å². The number of rotatable bonds is 6. The Hall–Kier alpha value is -4.06. The molecular weight excluding hydrogens is 426 g/mol. The monoisotopic (exact) mass is 448 g/mol. The fraction of sp³-hybridized carbons (Fsp3) is 0.111. The second-order valence-electron chi connectivity index (χ2n) is 7.65. The lowest BCUT2D eigenvalue weighted by Crippen LogP contribution is -2.08. The molecule has 0 aliphatic rings. The van der Waals surface area contributed by atoms with Crippen LogP contribution in [0.5, 0.6) is 11.5 Å². The Morgan fingerprint density at radius 3 is 1.61 bits per heavy atom. The van der Waals surface area contributed by atoms with Crippen molar-refractivity contribution < 1.29 is 27.8 Å². The van der Waals surface area contributed by atoms with Crippen LogP contribution in [-0.4, -0.2) is 11.9 Å². The van der Waals surface area contributed by atoms with Crippen molar-refractivity contribution >= 4 is 11.9 Å². The summed E-state index contributed by atoms with van der Waals surface area (Å²) in [5.41, 5.74) is 2.65. The number of halogens is 2. The van der Waals surface area contributed by atoms with Crippen LogP contribution in [0.3, 0.4) is 0 Å². The van der Waals surface area contributed by atoms with Gasteiger partial charge in [0, 0.05) is 28.3 Å². The van der Waals surface area contributed by atoms with Gasteiger partial charge >= 0.3 is 11.9 Å². The average molecular weight is 448 g/mol. The first-order chi connectivity index (χ1) is 15.6. The molecule has 0 heterocycles.